The number of carbonyl (C=O) groups is 1. The van der Waals surface area contributed by atoms with Gasteiger partial charge in [0.1, 0.15) is 5.52 Å². The number of rotatable bonds is 3. The van der Waals surface area contributed by atoms with Gasteiger partial charge in [0, 0.05) is 11.5 Å². The molecule has 4 heteroatoms. The van der Waals surface area contributed by atoms with Gasteiger partial charge in [0.15, 0.2) is 12.0 Å². The number of aromatic nitrogens is 1. The SMILES string of the molecule is CCOC(=O)C1CC1c1cccc2ncoc12. The van der Waals surface area contributed by atoms with Crippen LogP contribution in [0.3, 0.4) is 0 Å². The molecule has 1 aromatic heterocycles. The Bertz CT molecular complexity index is 561. The second kappa shape index (κ2) is 3.87. The summed E-state index contributed by atoms with van der Waals surface area (Å²) in [5.74, 6) is 0.116. The van der Waals surface area contributed by atoms with E-state index < -0.39 is 0 Å². The highest BCUT2D eigenvalue weighted by Crippen LogP contribution is 2.49. The summed E-state index contributed by atoms with van der Waals surface area (Å²) in [7, 11) is 0. The van der Waals surface area contributed by atoms with Crippen LogP contribution in [0.4, 0.5) is 0 Å². The molecule has 0 bridgehead atoms. The van der Waals surface area contributed by atoms with Crippen LogP contribution in [0.15, 0.2) is 29.0 Å². The third-order valence-corrected chi connectivity index (χ3v) is 3.17. The molecule has 0 N–H and O–H groups in total. The predicted molar refractivity (Wildman–Crippen MR) is 61.5 cm³/mol. The van der Waals surface area contributed by atoms with Crippen LogP contribution in [0.1, 0.15) is 24.8 Å². The largest absolute Gasteiger partial charge is 0.466 e. The van der Waals surface area contributed by atoms with E-state index in [1.54, 1.807) is 0 Å². The topological polar surface area (TPSA) is 52.3 Å². The molecular formula is C13H13NO3. The van der Waals surface area contributed by atoms with Gasteiger partial charge in [0.05, 0.1) is 12.5 Å². The van der Waals surface area contributed by atoms with E-state index in [0.29, 0.717) is 6.61 Å². The Morgan fingerprint density at radius 2 is 2.47 bits per heavy atom. The molecule has 0 spiro atoms. The minimum atomic E-state index is -0.103. The van der Waals surface area contributed by atoms with Crippen molar-refractivity contribution in [3.63, 3.8) is 0 Å². The van der Waals surface area contributed by atoms with E-state index in [2.05, 4.69) is 4.98 Å². The van der Waals surface area contributed by atoms with Crippen LogP contribution >= 0.6 is 0 Å². The number of carbonyl (C=O) groups excluding carboxylic acids is 1. The molecule has 17 heavy (non-hydrogen) atoms. The first-order chi connectivity index (χ1) is 8.31. The molecule has 1 fully saturated rings. The molecule has 3 rings (SSSR count). The van der Waals surface area contributed by atoms with Crippen molar-refractivity contribution in [1.29, 1.82) is 0 Å². The summed E-state index contributed by atoms with van der Waals surface area (Å²) in [5, 5.41) is 0. The highest BCUT2D eigenvalue weighted by atomic mass is 16.5. The molecular weight excluding hydrogens is 218 g/mol. The van der Waals surface area contributed by atoms with Crippen molar-refractivity contribution >= 4 is 17.1 Å². The first-order valence-electron chi connectivity index (χ1n) is 5.80. The molecule has 1 aliphatic carbocycles. The number of benzene rings is 1. The fraction of sp³-hybridized carbons (Fsp3) is 0.385. The smallest absolute Gasteiger partial charge is 0.309 e. The van der Waals surface area contributed by atoms with E-state index >= 15 is 0 Å². The molecule has 88 valence electrons. The number of fused-ring (bicyclic) bond motifs is 1. The minimum absolute atomic E-state index is 0.00866. The van der Waals surface area contributed by atoms with E-state index in [4.69, 9.17) is 9.15 Å². The molecule has 2 aromatic rings. The maximum absolute atomic E-state index is 11.6. The van der Waals surface area contributed by atoms with Crippen LogP contribution in [0.2, 0.25) is 0 Å². The van der Waals surface area contributed by atoms with Crippen LogP contribution in [0, 0.1) is 5.92 Å². The minimum Gasteiger partial charge on any atom is -0.466 e. The summed E-state index contributed by atoms with van der Waals surface area (Å²) >= 11 is 0. The molecule has 4 nitrogen and oxygen atoms in total. The number of nitrogens with zero attached hydrogens (tertiary/aromatic N) is 1. The quantitative estimate of drug-likeness (QED) is 0.761. The van der Waals surface area contributed by atoms with Gasteiger partial charge in [-0.1, -0.05) is 12.1 Å². The highest BCUT2D eigenvalue weighted by molar-refractivity contribution is 5.82. The number of ether oxygens (including phenoxy) is 1. The van der Waals surface area contributed by atoms with Crippen molar-refractivity contribution in [1.82, 2.24) is 4.98 Å². The van der Waals surface area contributed by atoms with E-state index in [-0.39, 0.29) is 17.8 Å². The summed E-state index contributed by atoms with van der Waals surface area (Å²) in [5.41, 5.74) is 2.71. The van der Waals surface area contributed by atoms with Crippen LogP contribution in [-0.2, 0) is 9.53 Å². The monoisotopic (exact) mass is 231 g/mol. The third-order valence-electron chi connectivity index (χ3n) is 3.17. The lowest BCUT2D eigenvalue weighted by molar-refractivity contribution is -0.144. The van der Waals surface area contributed by atoms with Gasteiger partial charge in [-0.25, -0.2) is 4.98 Å². The van der Waals surface area contributed by atoms with Crippen LogP contribution < -0.4 is 0 Å². The lowest BCUT2D eigenvalue weighted by Gasteiger charge is -2.01. The Morgan fingerprint density at radius 1 is 1.59 bits per heavy atom. The molecule has 2 atom stereocenters. The zero-order chi connectivity index (χ0) is 11.8. The first kappa shape index (κ1) is 10.3. The molecule has 0 radical (unpaired) electrons. The average molecular weight is 231 g/mol. The lowest BCUT2D eigenvalue weighted by Crippen LogP contribution is -2.07. The fourth-order valence-corrected chi connectivity index (χ4v) is 2.25. The highest BCUT2D eigenvalue weighted by Gasteiger charge is 2.46. The number of para-hydroxylation sites is 1. The van der Waals surface area contributed by atoms with Gasteiger partial charge in [-0.05, 0) is 19.4 Å². The maximum Gasteiger partial charge on any atom is 0.309 e. The van der Waals surface area contributed by atoms with Crippen molar-refractivity contribution in [3.8, 4) is 0 Å². The normalized spacial score (nSPS) is 22.6. The zero-order valence-electron chi connectivity index (χ0n) is 9.55. The van der Waals surface area contributed by atoms with Crippen molar-refractivity contribution < 1.29 is 13.9 Å². The maximum atomic E-state index is 11.6. The van der Waals surface area contributed by atoms with E-state index in [1.807, 2.05) is 25.1 Å². The van der Waals surface area contributed by atoms with Gasteiger partial charge >= 0.3 is 5.97 Å². The Kier molecular flexibility index (Phi) is 2.35. The number of hydrogen-bond donors (Lipinski definition) is 0. The summed E-state index contributed by atoms with van der Waals surface area (Å²) in [6, 6.07) is 5.85. The molecule has 2 unspecified atom stereocenters. The van der Waals surface area contributed by atoms with Crippen LogP contribution in [0.5, 0.6) is 0 Å². The standard InChI is InChI=1S/C13H13NO3/c1-2-16-13(15)10-6-9(10)8-4-3-5-11-12(8)17-7-14-11/h3-5,7,9-10H,2,6H2,1H3. The first-order valence-corrected chi connectivity index (χ1v) is 5.80. The van der Waals surface area contributed by atoms with Crippen LogP contribution in [0.25, 0.3) is 11.1 Å². The fourth-order valence-electron chi connectivity index (χ4n) is 2.25. The van der Waals surface area contributed by atoms with Crippen molar-refractivity contribution in [3.05, 3.63) is 30.2 Å². The van der Waals surface area contributed by atoms with Gasteiger partial charge in [0.2, 0.25) is 0 Å². The molecule has 1 saturated carbocycles. The van der Waals surface area contributed by atoms with Crippen molar-refractivity contribution in [2.45, 2.75) is 19.3 Å². The second-order valence-electron chi connectivity index (χ2n) is 4.25. The zero-order valence-corrected chi connectivity index (χ0v) is 9.55. The number of oxazole rings is 1. The number of hydrogen-bond acceptors (Lipinski definition) is 4. The van der Waals surface area contributed by atoms with E-state index in [0.717, 1.165) is 23.1 Å². The molecule has 1 aromatic carbocycles. The predicted octanol–water partition coefficient (Wildman–Crippen LogP) is 2.49. The van der Waals surface area contributed by atoms with Gasteiger partial charge in [0.25, 0.3) is 0 Å². The molecule has 1 heterocycles. The summed E-state index contributed by atoms with van der Waals surface area (Å²) in [4.78, 5) is 15.7. The van der Waals surface area contributed by atoms with E-state index in [9.17, 15) is 4.79 Å². The summed E-state index contributed by atoms with van der Waals surface area (Å²) in [6.07, 6.45) is 2.29. The van der Waals surface area contributed by atoms with Gasteiger partial charge in [-0.15, -0.1) is 0 Å². The van der Waals surface area contributed by atoms with Crippen molar-refractivity contribution in [2.24, 2.45) is 5.92 Å². The summed E-state index contributed by atoms with van der Waals surface area (Å²) < 4.78 is 10.4. The van der Waals surface area contributed by atoms with Gasteiger partial charge < -0.3 is 9.15 Å². The number of esters is 1. The molecule has 0 amide bonds. The Morgan fingerprint density at radius 3 is 3.29 bits per heavy atom. The van der Waals surface area contributed by atoms with E-state index in [1.165, 1.54) is 6.39 Å². The molecule has 0 aliphatic heterocycles. The lowest BCUT2D eigenvalue weighted by atomic mass is 10.1. The van der Waals surface area contributed by atoms with Crippen molar-refractivity contribution in [2.75, 3.05) is 6.61 Å². The Labute approximate surface area is 98.6 Å². The third kappa shape index (κ3) is 1.69. The summed E-state index contributed by atoms with van der Waals surface area (Å²) in [6.45, 7) is 2.26. The molecule has 1 aliphatic rings. The van der Waals surface area contributed by atoms with Crippen LogP contribution in [-0.4, -0.2) is 17.6 Å². The average Bonchev–Trinajstić information content (AvgIpc) is 2.98. The Balaban J connectivity index is 1.87. The second-order valence-corrected chi connectivity index (χ2v) is 4.25. The molecule has 0 saturated heterocycles. The Hall–Kier alpha value is -1.84. The van der Waals surface area contributed by atoms with Gasteiger partial charge in [-0.3, -0.25) is 4.79 Å². The van der Waals surface area contributed by atoms with Gasteiger partial charge in [-0.2, -0.15) is 0 Å².